The molecule has 0 aromatic heterocycles. The Morgan fingerprint density at radius 2 is 1.42 bits per heavy atom. The molecule has 5 nitrogen and oxygen atoms in total. The summed E-state index contributed by atoms with van der Waals surface area (Å²) in [5.74, 6) is -0.529. The van der Waals surface area contributed by atoms with Gasteiger partial charge < -0.3 is 19.4 Å². The molecule has 0 saturated carbocycles. The molecule has 1 atom stereocenters. The summed E-state index contributed by atoms with van der Waals surface area (Å²) < 4.78 is 10.2. The fourth-order valence-corrected chi connectivity index (χ4v) is 2.50. The van der Waals surface area contributed by atoms with Crippen molar-refractivity contribution in [2.75, 3.05) is 14.2 Å². The fraction of sp³-hybridized carbons (Fsp3) is 0.263. The molecule has 0 saturated heterocycles. The van der Waals surface area contributed by atoms with Gasteiger partial charge in [0, 0.05) is 17.5 Å². The van der Waals surface area contributed by atoms with Crippen molar-refractivity contribution in [1.29, 1.82) is 0 Å². The van der Waals surface area contributed by atoms with Crippen LogP contribution in [-0.4, -0.2) is 26.0 Å². The first-order valence-corrected chi connectivity index (χ1v) is 7.57. The third-order valence-corrected chi connectivity index (χ3v) is 3.85. The molecule has 2 rings (SSSR count). The lowest BCUT2D eigenvalue weighted by Gasteiger charge is -2.17. The number of Topliss-reactive ketones (excluding diaryl/α,β-unsaturated/α-hetero) is 1. The summed E-state index contributed by atoms with van der Waals surface area (Å²) in [6.07, 6.45) is -0.00187. The van der Waals surface area contributed by atoms with Crippen molar-refractivity contribution in [3.8, 4) is 11.5 Å². The highest BCUT2D eigenvalue weighted by molar-refractivity contribution is 6.01. The number of benzene rings is 2. The van der Waals surface area contributed by atoms with Gasteiger partial charge in [-0.15, -0.1) is 0 Å². The van der Waals surface area contributed by atoms with Crippen LogP contribution >= 0.6 is 0 Å². The van der Waals surface area contributed by atoms with Gasteiger partial charge in [0.2, 0.25) is 0 Å². The highest BCUT2D eigenvalue weighted by Crippen LogP contribution is 2.28. The largest absolute Gasteiger partial charge is 0.550 e. The van der Waals surface area contributed by atoms with Crippen LogP contribution in [0.5, 0.6) is 11.5 Å². The van der Waals surface area contributed by atoms with E-state index in [0.717, 1.165) is 5.56 Å². The summed E-state index contributed by atoms with van der Waals surface area (Å²) in [5, 5.41) is 10.8. The lowest BCUT2D eigenvalue weighted by molar-refractivity contribution is -0.305. The number of ketones is 1. The van der Waals surface area contributed by atoms with Gasteiger partial charge in [-0.25, -0.2) is 0 Å². The molecule has 0 N–H and O–H groups in total. The van der Waals surface area contributed by atoms with Crippen LogP contribution in [0.3, 0.4) is 0 Å². The summed E-state index contributed by atoms with van der Waals surface area (Å²) in [6.45, 7) is 0. The van der Waals surface area contributed by atoms with Gasteiger partial charge in [-0.2, -0.15) is 0 Å². The predicted molar refractivity (Wildman–Crippen MR) is 87.3 cm³/mol. The number of aliphatic carboxylic acids is 1. The Morgan fingerprint density at radius 1 is 0.917 bits per heavy atom. The van der Waals surface area contributed by atoms with Crippen LogP contribution in [0.15, 0.2) is 48.5 Å². The Morgan fingerprint density at radius 3 is 1.88 bits per heavy atom. The minimum Gasteiger partial charge on any atom is -0.550 e. The van der Waals surface area contributed by atoms with Crippen molar-refractivity contribution >= 4 is 11.8 Å². The summed E-state index contributed by atoms with van der Waals surface area (Å²) in [6, 6.07) is 13.8. The number of carbonyl (C=O) groups is 2. The van der Waals surface area contributed by atoms with E-state index in [0.29, 0.717) is 17.1 Å². The van der Waals surface area contributed by atoms with Crippen LogP contribution in [0.4, 0.5) is 0 Å². The van der Waals surface area contributed by atoms with Crippen molar-refractivity contribution < 1.29 is 24.2 Å². The van der Waals surface area contributed by atoms with Crippen LogP contribution in [0.1, 0.15) is 34.7 Å². The normalized spacial score (nSPS) is 11.6. The Hall–Kier alpha value is -2.82. The standard InChI is InChI=1S/C19H20O5/c1-23-15-7-3-13(4-8-15)17(11-12-18(20)21)19(22)14-5-9-16(24-2)10-6-14/h3-10,17H,11-12H2,1-2H3,(H,20,21)/p-1/t17-/m1/s1. The van der Waals surface area contributed by atoms with Gasteiger partial charge in [0.05, 0.1) is 14.2 Å². The Labute approximate surface area is 140 Å². The predicted octanol–water partition coefficient (Wildman–Crippen LogP) is 2.20. The van der Waals surface area contributed by atoms with Crippen molar-refractivity contribution in [1.82, 2.24) is 0 Å². The van der Waals surface area contributed by atoms with Crippen molar-refractivity contribution in [3.05, 3.63) is 59.7 Å². The number of carboxylic acid groups (broad SMARTS) is 1. The average molecular weight is 327 g/mol. The molecular formula is C19H19O5-. The van der Waals surface area contributed by atoms with E-state index in [1.54, 1.807) is 62.8 Å². The first-order valence-electron chi connectivity index (χ1n) is 7.57. The number of rotatable bonds is 8. The first kappa shape index (κ1) is 17.5. The van der Waals surface area contributed by atoms with Crippen molar-refractivity contribution in [2.24, 2.45) is 0 Å². The van der Waals surface area contributed by atoms with E-state index >= 15 is 0 Å². The fourth-order valence-electron chi connectivity index (χ4n) is 2.50. The third kappa shape index (κ3) is 4.35. The Bertz CT molecular complexity index is 689. The highest BCUT2D eigenvalue weighted by atomic mass is 16.5. The number of hydrogen-bond acceptors (Lipinski definition) is 5. The molecular weight excluding hydrogens is 308 g/mol. The van der Waals surface area contributed by atoms with Crippen molar-refractivity contribution in [2.45, 2.75) is 18.8 Å². The van der Waals surface area contributed by atoms with Crippen LogP contribution in [0, 0.1) is 0 Å². The zero-order valence-electron chi connectivity index (χ0n) is 13.7. The van der Waals surface area contributed by atoms with Gasteiger partial charge in [-0.1, -0.05) is 12.1 Å². The second-order valence-corrected chi connectivity index (χ2v) is 5.33. The molecule has 24 heavy (non-hydrogen) atoms. The summed E-state index contributed by atoms with van der Waals surface area (Å²) in [5.41, 5.74) is 1.26. The van der Waals surface area contributed by atoms with Gasteiger partial charge in [-0.05, 0) is 54.8 Å². The molecule has 0 aliphatic heterocycles. The molecule has 2 aromatic rings. The topological polar surface area (TPSA) is 75.7 Å². The van der Waals surface area contributed by atoms with Gasteiger partial charge in [0.25, 0.3) is 0 Å². The van der Waals surface area contributed by atoms with E-state index < -0.39 is 11.9 Å². The number of ether oxygens (including phenoxy) is 2. The molecule has 5 heteroatoms. The Balaban J connectivity index is 2.28. The van der Waals surface area contributed by atoms with E-state index in [4.69, 9.17) is 9.47 Å². The zero-order valence-corrected chi connectivity index (χ0v) is 13.7. The minimum atomic E-state index is -1.17. The maximum Gasteiger partial charge on any atom is 0.170 e. The molecule has 2 aromatic carbocycles. The van der Waals surface area contributed by atoms with E-state index in [1.165, 1.54) is 0 Å². The van der Waals surface area contributed by atoms with Gasteiger partial charge >= 0.3 is 0 Å². The number of hydrogen-bond donors (Lipinski definition) is 0. The molecule has 0 spiro atoms. The molecule has 0 heterocycles. The molecule has 0 aliphatic rings. The van der Waals surface area contributed by atoms with Crippen LogP contribution in [0.25, 0.3) is 0 Å². The summed E-state index contributed by atoms with van der Waals surface area (Å²) >= 11 is 0. The molecule has 0 aliphatic carbocycles. The van der Waals surface area contributed by atoms with Crippen LogP contribution in [0.2, 0.25) is 0 Å². The lowest BCUT2D eigenvalue weighted by Crippen LogP contribution is -2.24. The zero-order chi connectivity index (χ0) is 17.5. The number of methoxy groups -OCH3 is 2. The Kier molecular flexibility index (Phi) is 5.95. The summed E-state index contributed by atoms with van der Waals surface area (Å²) in [4.78, 5) is 23.6. The van der Waals surface area contributed by atoms with Gasteiger partial charge in [0.1, 0.15) is 11.5 Å². The van der Waals surface area contributed by atoms with Crippen LogP contribution in [-0.2, 0) is 4.79 Å². The molecule has 0 bridgehead atoms. The molecule has 126 valence electrons. The maximum absolute atomic E-state index is 12.8. The SMILES string of the molecule is COc1ccc(C(=O)[C@H](CCC(=O)[O-])c2ccc(OC)cc2)cc1. The van der Waals surface area contributed by atoms with Gasteiger partial charge in [-0.3, -0.25) is 4.79 Å². The highest BCUT2D eigenvalue weighted by Gasteiger charge is 2.22. The molecule has 0 amide bonds. The minimum absolute atomic E-state index is 0.135. The average Bonchev–Trinajstić information content (AvgIpc) is 2.62. The maximum atomic E-state index is 12.8. The van der Waals surface area contributed by atoms with E-state index in [2.05, 4.69) is 0 Å². The second-order valence-electron chi connectivity index (χ2n) is 5.33. The van der Waals surface area contributed by atoms with E-state index in [9.17, 15) is 14.7 Å². The van der Waals surface area contributed by atoms with E-state index in [-0.39, 0.29) is 18.6 Å². The third-order valence-electron chi connectivity index (χ3n) is 3.85. The number of carbonyl (C=O) groups excluding carboxylic acids is 2. The number of carboxylic acids is 1. The molecule has 0 fully saturated rings. The second kappa shape index (κ2) is 8.15. The quantitative estimate of drug-likeness (QED) is 0.695. The molecule has 0 unspecified atom stereocenters. The lowest BCUT2D eigenvalue weighted by atomic mass is 9.87. The molecule has 0 radical (unpaired) electrons. The first-order chi connectivity index (χ1) is 11.5. The smallest absolute Gasteiger partial charge is 0.170 e. The van der Waals surface area contributed by atoms with Crippen molar-refractivity contribution in [3.63, 3.8) is 0 Å². The summed E-state index contributed by atoms with van der Waals surface area (Å²) in [7, 11) is 3.11. The van der Waals surface area contributed by atoms with Crippen LogP contribution < -0.4 is 14.6 Å². The van der Waals surface area contributed by atoms with E-state index in [1.807, 2.05) is 0 Å². The van der Waals surface area contributed by atoms with Gasteiger partial charge in [0.15, 0.2) is 5.78 Å². The monoisotopic (exact) mass is 327 g/mol.